The number of hydrogen-bond donors (Lipinski definition) is 1. The van der Waals surface area contributed by atoms with Gasteiger partial charge in [-0.1, -0.05) is 23.8 Å². The highest BCUT2D eigenvalue weighted by molar-refractivity contribution is 6.28. The lowest BCUT2D eigenvalue weighted by atomic mass is 10.0. The minimum absolute atomic E-state index is 0.447. The highest BCUT2D eigenvalue weighted by atomic mass is 35.5. The summed E-state index contributed by atoms with van der Waals surface area (Å²) in [6.45, 7) is 6.15. The average molecular weight is 221 g/mol. The molecule has 78 valence electrons. The monoisotopic (exact) mass is 220 g/mol. The van der Waals surface area contributed by atoms with Gasteiger partial charge in [0, 0.05) is 11.3 Å². The van der Waals surface area contributed by atoms with Crippen LogP contribution in [0.5, 0.6) is 0 Å². The molecule has 15 heavy (non-hydrogen) atoms. The molecule has 2 aromatic rings. The van der Waals surface area contributed by atoms with Gasteiger partial charge in [0.05, 0.1) is 5.69 Å². The Morgan fingerprint density at radius 2 is 1.93 bits per heavy atom. The van der Waals surface area contributed by atoms with Gasteiger partial charge in [0.25, 0.3) is 0 Å². The van der Waals surface area contributed by atoms with E-state index in [2.05, 4.69) is 42.0 Å². The fourth-order valence-corrected chi connectivity index (χ4v) is 1.99. The number of nitrogens with zero attached hydrogens (tertiary/aromatic N) is 1. The van der Waals surface area contributed by atoms with E-state index in [1.54, 1.807) is 0 Å². The number of hydrogen-bond acceptors (Lipinski definition) is 1. The van der Waals surface area contributed by atoms with Crippen molar-refractivity contribution in [2.45, 2.75) is 20.8 Å². The topological polar surface area (TPSA) is 28.7 Å². The van der Waals surface area contributed by atoms with Gasteiger partial charge in [0.1, 0.15) is 0 Å². The van der Waals surface area contributed by atoms with Crippen LogP contribution in [-0.2, 0) is 0 Å². The molecule has 0 aliphatic rings. The molecule has 0 spiro atoms. The minimum atomic E-state index is 0.447. The van der Waals surface area contributed by atoms with Crippen molar-refractivity contribution in [1.82, 2.24) is 9.97 Å². The first-order valence-corrected chi connectivity index (χ1v) is 5.25. The van der Waals surface area contributed by atoms with Crippen LogP contribution in [0.3, 0.4) is 0 Å². The van der Waals surface area contributed by atoms with Crippen LogP contribution in [0.2, 0.25) is 5.28 Å². The largest absolute Gasteiger partial charge is 0.332 e. The molecule has 2 nitrogen and oxygen atoms in total. The summed E-state index contributed by atoms with van der Waals surface area (Å²) in [5.41, 5.74) is 5.57. The molecule has 1 aromatic heterocycles. The standard InChI is InChI=1S/C12H13ClN2/c1-7-4-5-10(8(2)6-7)11-9(3)14-12(13)15-11/h4-6H,1-3H3,(H,14,15). The zero-order valence-corrected chi connectivity index (χ0v) is 9.81. The van der Waals surface area contributed by atoms with Crippen molar-refractivity contribution in [1.29, 1.82) is 0 Å². The van der Waals surface area contributed by atoms with Crippen molar-refractivity contribution in [3.8, 4) is 11.3 Å². The van der Waals surface area contributed by atoms with Crippen LogP contribution in [0.4, 0.5) is 0 Å². The molecular weight excluding hydrogens is 208 g/mol. The van der Waals surface area contributed by atoms with Gasteiger partial charge < -0.3 is 4.98 Å². The van der Waals surface area contributed by atoms with E-state index in [-0.39, 0.29) is 0 Å². The number of imidazole rings is 1. The fourth-order valence-electron chi connectivity index (χ4n) is 1.77. The van der Waals surface area contributed by atoms with E-state index < -0.39 is 0 Å². The first-order valence-electron chi connectivity index (χ1n) is 4.87. The van der Waals surface area contributed by atoms with Gasteiger partial charge in [-0.15, -0.1) is 0 Å². The average Bonchev–Trinajstić information content (AvgIpc) is 2.45. The normalized spacial score (nSPS) is 10.7. The van der Waals surface area contributed by atoms with Crippen molar-refractivity contribution < 1.29 is 0 Å². The lowest BCUT2D eigenvalue weighted by molar-refractivity contribution is 1.25. The zero-order chi connectivity index (χ0) is 11.0. The Bertz CT molecular complexity index is 500. The smallest absolute Gasteiger partial charge is 0.200 e. The summed E-state index contributed by atoms with van der Waals surface area (Å²) in [5.74, 6) is 0. The van der Waals surface area contributed by atoms with Crippen LogP contribution in [0.1, 0.15) is 16.8 Å². The number of rotatable bonds is 1. The molecule has 0 amide bonds. The van der Waals surface area contributed by atoms with Crippen LogP contribution in [-0.4, -0.2) is 9.97 Å². The van der Waals surface area contributed by atoms with Gasteiger partial charge in [0.2, 0.25) is 5.28 Å². The first-order chi connectivity index (χ1) is 7.08. The summed E-state index contributed by atoms with van der Waals surface area (Å²) in [6, 6.07) is 6.33. The van der Waals surface area contributed by atoms with Crippen LogP contribution in [0.25, 0.3) is 11.3 Å². The molecule has 0 bridgehead atoms. The highest BCUT2D eigenvalue weighted by Crippen LogP contribution is 2.26. The van der Waals surface area contributed by atoms with Crippen molar-refractivity contribution >= 4 is 11.6 Å². The number of nitrogens with one attached hydrogen (secondary N) is 1. The number of H-pyrrole nitrogens is 1. The molecular formula is C12H13ClN2. The molecule has 1 aromatic carbocycles. The van der Waals surface area contributed by atoms with Crippen molar-refractivity contribution in [3.05, 3.63) is 40.3 Å². The summed E-state index contributed by atoms with van der Waals surface area (Å²) in [6.07, 6.45) is 0. The Morgan fingerprint density at radius 1 is 1.20 bits per heavy atom. The molecule has 0 saturated carbocycles. The van der Waals surface area contributed by atoms with Gasteiger partial charge in [-0.05, 0) is 37.9 Å². The van der Waals surface area contributed by atoms with Crippen LogP contribution in [0, 0.1) is 20.8 Å². The lowest BCUT2D eigenvalue weighted by Crippen LogP contribution is -1.86. The summed E-state index contributed by atoms with van der Waals surface area (Å²) < 4.78 is 0. The number of aryl methyl sites for hydroxylation is 3. The predicted octanol–water partition coefficient (Wildman–Crippen LogP) is 3.66. The molecule has 0 saturated heterocycles. The summed E-state index contributed by atoms with van der Waals surface area (Å²) in [7, 11) is 0. The summed E-state index contributed by atoms with van der Waals surface area (Å²) >= 11 is 5.83. The van der Waals surface area contributed by atoms with Crippen LogP contribution >= 0.6 is 11.6 Å². The summed E-state index contributed by atoms with van der Waals surface area (Å²) in [4.78, 5) is 7.28. The second-order valence-electron chi connectivity index (χ2n) is 3.82. The first kappa shape index (κ1) is 10.2. The number of benzene rings is 1. The Hall–Kier alpha value is -1.28. The second-order valence-corrected chi connectivity index (χ2v) is 4.18. The van der Waals surface area contributed by atoms with Gasteiger partial charge in [-0.25, -0.2) is 4.98 Å². The lowest BCUT2D eigenvalue weighted by Gasteiger charge is -2.04. The fraction of sp³-hybridized carbons (Fsp3) is 0.250. The van der Waals surface area contributed by atoms with Gasteiger partial charge in [-0.2, -0.15) is 0 Å². The molecule has 2 rings (SSSR count). The molecule has 0 fully saturated rings. The quantitative estimate of drug-likeness (QED) is 0.781. The second kappa shape index (κ2) is 3.70. The Kier molecular flexibility index (Phi) is 2.53. The molecule has 0 unspecified atom stereocenters. The molecule has 0 atom stereocenters. The third-order valence-corrected chi connectivity index (χ3v) is 2.67. The van der Waals surface area contributed by atoms with Crippen molar-refractivity contribution in [2.75, 3.05) is 0 Å². The molecule has 1 N–H and O–H groups in total. The van der Waals surface area contributed by atoms with Crippen LogP contribution < -0.4 is 0 Å². The Labute approximate surface area is 94.3 Å². The van der Waals surface area contributed by atoms with E-state index >= 15 is 0 Å². The van der Waals surface area contributed by atoms with Crippen molar-refractivity contribution in [2.24, 2.45) is 0 Å². The maximum atomic E-state index is 5.83. The van der Waals surface area contributed by atoms with Gasteiger partial charge in [-0.3, -0.25) is 0 Å². The van der Waals surface area contributed by atoms with E-state index in [1.807, 2.05) is 6.92 Å². The van der Waals surface area contributed by atoms with E-state index in [1.165, 1.54) is 11.1 Å². The van der Waals surface area contributed by atoms with Gasteiger partial charge in [0.15, 0.2) is 0 Å². The van der Waals surface area contributed by atoms with Crippen molar-refractivity contribution in [3.63, 3.8) is 0 Å². The zero-order valence-electron chi connectivity index (χ0n) is 9.06. The van der Waals surface area contributed by atoms with Crippen LogP contribution in [0.15, 0.2) is 18.2 Å². The maximum Gasteiger partial charge on any atom is 0.200 e. The Balaban J connectivity index is 2.59. The predicted molar refractivity (Wildman–Crippen MR) is 63.2 cm³/mol. The summed E-state index contributed by atoms with van der Waals surface area (Å²) in [5, 5.41) is 0.447. The van der Waals surface area contributed by atoms with E-state index in [0.717, 1.165) is 17.0 Å². The molecule has 3 heteroatoms. The Morgan fingerprint density at radius 3 is 2.47 bits per heavy atom. The molecule has 0 aliphatic heterocycles. The number of aromatic amines is 1. The van der Waals surface area contributed by atoms with Gasteiger partial charge >= 0.3 is 0 Å². The van der Waals surface area contributed by atoms with E-state index in [9.17, 15) is 0 Å². The highest BCUT2D eigenvalue weighted by Gasteiger charge is 2.09. The third kappa shape index (κ3) is 1.90. The maximum absolute atomic E-state index is 5.83. The van der Waals surface area contributed by atoms with E-state index in [4.69, 9.17) is 11.6 Å². The van der Waals surface area contributed by atoms with E-state index in [0.29, 0.717) is 5.28 Å². The molecule has 0 aliphatic carbocycles. The molecule has 0 radical (unpaired) electrons. The SMILES string of the molecule is Cc1ccc(-c2nc(Cl)[nH]c2C)c(C)c1. The number of halogens is 1. The number of aromatic nitrogens is 2. The minimum Gasteiger partial charge on any atom is -0.332 e. The third-order valence-electron chi connectivity index (χ3n) is 2.49. The molecule has 1 heterocycles.